The van der Waals surface area contributed by atoms with E-state index in [9.17, 15) is 14.4 Å². The van der Waals surface area contributed by atoms with Gasteiger partial charge in [-0.05, 0) is 50.2 Å². The average Bonchev–Trinajstić information content (AvgIpc) is 3.05. The molecule has 0 fully saturated rings. The summed E-state index contributed by atoms with van der Waals surface area (Å²) in [6.07, 6.45) is 0. The molecule has 1 heterocycles. The largest absolute Gasteiger partial charge is 0.491 e. The summed E-state index contributed by atoms with van der Waals surface area (Å²) in [5.41, 5.74) is 7.68. The van der Waals surface area contributed by atoms with Crippen molar-refractivity contribution in [1.82, 2.24) is 0 Å². The molecule has 7 heteroatoms. The van der Waals surface area contributed by atoms with Crippen LogP contribution < -0.4 is 20.1 Å². The van der Waals surface area contributed by atoms with Crippen molar-refractivity contribution in [2.45, 2.75) is 13.8 Å². The fraction of sp³-hybridized carbons (Fsp3) is 0.160. The number of amides is 2. The highest BCUT2D eigenvalue weighted by Crippen LogP contribution is 2.39. The third kappa shape index (κ3) is 3.37. The fourth-order valence-corrected chi connectivity index (χ4v) is 3.77. The molecule has 0 bridgehead atoms. The first-order chi connectivity index (χ1) is 15.5. The standard InChI is InChI=1S/C25H22N2O5/c1-3-31-22-17(11-7-13-19(22)26)21(28)18-12-8-14-20(23(18)32-4-2)27-24(29)15-9-5-6-10-16(15)25(27)30/h5-14H,3-4,26H2,1-2H3. The van der Waals surface area contributed by atoms with Crippen molar-refractivity contribution in [3.8, 4) is 11.5 Å². The van der Waals surface area contributed by atoms with Crippen LogP contribution in [0.2, 0.25) is 0 Å². The lowest BCUT2D eigenvalue weighted by atomic mass is 9.99. The minimum atomic E-state index is -0.463. The molecule has 0 saturated heterocycles. The van der Waals surface area contributed by atoms with Gasteiger partial charge < -0.3 is 15.2 Å². The molecule has 0 unspecified atom stereocenters. The molecule has 1 aliphatic heterocycles. The summed E-state index contributed by atoms with van der Waals surface area (Å²) in [6.45, 7) is 4.13. The summed E-state index contributed by atoms with van der Waals surface area (Å²) < 4.78 is 11.4. The van der Waals surface area contributed by atoms with Crippen LogP contribution in [-0.2, 0) is 0 Å². The number of ether oxygens (including phenoxy) is 2. The molecule has 0 aromatic heterocycles. The third-order valence-electron chi connectivity index (χ3n) is 5.14. The lowest BCUT2D eigenvalue weighted by molar-refractivity contribution is 0.0922. The topological polar surface area (TPSA) is 98.9 Å². The van der Waals surface area contributed by atoms with Crippen molar-refractivity contribution in [2.24, 2.45) is 0 Å². The van der Waals surface area contributed by atoms with E-state index in [1.165, 1.54) is 0 Å². The number of nitrogens with two attached hydrogens (primary N) is 1. The molecule has 2 N–H and O–H groups in total. The number of nitrogen functional groups attached to an aromatic ring is 1. The van der Waals surface area contributed by atoms with Gasteiger partial charge in [0.15, 0.2) is 11.5 Å². The fourth-order valence-electron chi connectivity index (χ4n) is 3.77. The second-order valence-electron chi connectivity index (χ2n) is 7.06. The molecule has 0 spiro atoms. The number of hydrogen-bond acceptors (Lipinski definition) is 6. The molecule has 32 heavy (non-hydrogen) atoms. The number of imide groups is 1. The maximum atomic E-state index is 13.5. The van der Waals surface area contributed by atoms with Crippen LogP contribution in [0, 0.1) is 0 Å². The van der Waals surface area contributed by atoms with Gasteiger partial charge in [0.05, 0.1) is 46.8 Å². The highest BCUT2D eigenvalue weighted by atomic mass is 16.5. The second-order valence-corrected chi connectivity index (χ2v) is 7.06. The minimum absolute atomic E-state index is 0.152. The van der Waals surface area contributed by atoms with Crippen LogP contribution in [0.15, 0.2) is 60.7 Å². The lowest BCUT2D eigenvalue weighted by Crippen LogP contribution is -2.30. The van der Waals surface area contributed by atoms with Gasteiger partial charge in [-0.2, -0.15) is 0 Å². The van der Waals surface area contributed by atoms with Gasteiger partial charge in [0.1, 0.15) is 0 Å². The van der Waals surface area contributed by atoms with Crippen molar-refractivity contribution in [3.63, 3.8) is 0 Å². The number of anilines is 2. The number of fused-ring (bicyclic) bond motifs is 1. The van der Waals surface area contributed by atoms with Gasteiger partial charge in [-0.3, -0.25) is 14.4 Å². The van der Waals surface area contributed by atoms with Gasteiger partial charge in [-0.25, -0.2) is 4.90 Å². The molecule has 0 aliphatic carbocycles. The molecule has 162 valence electrons. The monoisotopic (exact) mass is 430 g/mol. The Balaban J connectivity index is 1.85. The van der Waals surface area contributed by atoms with Crippen LogP contribution >= 0.6 is 0 Å². The third-order valence-corrected chi connectivity index (χ3v) is 5.14. The number of carbonyl (C=O) groups is 3. The number of nitrogens with zero attached hydrogens (tertiary/aromatic N) is 1. The Morgan fingerprint density at radius 2 is 1.31 bits per heavy atom. The van der Waals surface area contributed by atoms with E-state index >= 15 is 0 Å². The Kier molecular flexibility index (Phi) is 5.64. The molecule has 1 aliphatic rings. The number of hydrogen-bond donors (Lipinski definition) is 1. The Hall–Kier alpha value is -4.13. The first-order valence-corrected chi connectivity index (χ1v) is 10.3. The number of benzene rings is 3. The van der Waals surface area contributed by atoms with Gasteiger partial charge in [-0.15, -0.1) is 0 Å². The summed E-state index contributed by atoms with van der Waals surface area (Å²) in [5.74, 6) is -0.874. The molecule has 2 amide bonds. The summed E-state index contributed by atoms with van der Waals surface area (Å²) >= 11 is 0. The number of para-hydroxylation sites is 2. The van der Waals surface area contributed by atoms with Crippen LogP contribution in [0.25, 0.3) is 0 Å². The van der Waals surface area contributed by atoms with E-state index in [4.69, 9.17) is 15.2 Å². The van der Waals surface area contributed by atoms with Crippen LogP contribution in [0.4, 0.5) is 11.4 Å². The summed E-state index contributed by atoms with van der Waals surface area (Å²) in [6, 6.07) is 16.3. The quantitative estimate of drug-likeness (QED) is 0.344. The summed E-state index contributed by atoms with van der Waals surface area (Å²) in [4.78, 5) is 40.6. The average molecular weight is 430 g/mol. The minimum Gasteiger partial charge on any atom is -0.491 e. The highest BCUT2D eigenvalue weighted by Gasteiger charge is 2.38. The summed E-state index contributed by atoms with van der Waals surface area (Å²) in [7, 11) is 0. The smallest absolute Gasteiger partial charge is 0.266 e. The molecule has 7 nitrogen and oxygen atoms in total. The molecule has 0 atom stereocenters. The maximum absolute atomic E-state index is 13.5. The van der Waals surface area contributed by atoms with E-state index in [1.54, 1.807) is 74.5 Å². The van der Waals surface area contributed by atoms with Crippen molar-refractivity contribution in [3.05, 3.63) is 82.9 Å². The Labute approximate surface area is 185 Å². The van der Waals surface area contributed by atoms with Gasteiger partial charge in [-0.1, -0.05) is 24.3 Å². The van der Waals surface area contributed by atoms with Crippen LogP contribution in [0.5, 0.6) is 11.5 Å². The molecule has 3 aromatic rings. The molecule has 0 saturated carbocycles. The first-order valence-electron chi connectivity index (χ1n) is 10.3. The summed E-state index contributed by atoms with van der Waals surface area (Å²) in [5, 5.41) is 0. The zero-order valence-corrected chi connectivity index (χ0v) is 17.8. The number of ketones is 1. The second kappa shape index (κ2) is 8.55. The van der Waals surface area contributed by atoms with E-state index in [0.717, 1.165) is 4.90 Å². The van der Waals surface area contributed by atoms with E-state index in [2.05, 4.69) is 0 Å². The number of rotatable bonds is 7. The first kappa shape index (κ1) is 21.1. The van der Waals surface area contributed by atoms with E-state index < -0.39 is 11.8 Å². The van der Waals surface area contributed by atoms with E-state index in [1.807, 2.05) is 0 Å². The van der Waals surface area contributed by atoms with E-state index in [-0.39, 0.29) is 40.7 Å². The maximum Gasteiger partial charge on any atom is 0.266 e. The van der Waals surface area contributed by atoms with Crippen LogP contribution in [0.3, 0.4) is 0 Å². The predicted octanol–water partition coefficient (Wildman–Crippen LogP) is 4.10. The Bertz CT molecular complexity index is 1200. The van der Waals surface area contributed by atoms with Gasteiger partial charge in [0, 0.05) is 0 Å². The molecule has 0 radical (unpaired) electrons. The molecular formula is C25H22N2O5. The van der Waals surface area contributed by atoms with Gasteiger partial charge >= 0.3 is 0 Å². The lowest BCUT2D eigenvalue weighted by Gasteiger charge is -2.21. The Morgan fingerprint density at radius 3 is 1.91 bits per heavy atom. The van der Waals surface area contributed by atoms with Crippen molar-refractivity contribution < 1.29 is 23.9 Å². The molecule has 4 rings (SSSR count). The van der Waals surface area contributed by atoms with Gasteiger partial charge in [0.2, 0.25) is 5.78 Å². The van der Waals surface area contributed by atoms with Crippen molar-refractivity contribution in [1.29, 1.82) is 0 Å². The van der Waals surface area contributed by atoms with Crippen molar-refractivity contribution >= 4 is 29.0 Å². The van der Waals surface area contributed by atoms with E-state index in [0.29, 0.717) is 23.4 Å². The molecule has 3 aromatic carbocycles. The SMILES string of the molecule is CCOc1c(N)cccc1C(=O)c1cccc(N2C(=O)c3ccccc3C2=O)c1OCC. The highest BCUT2D eigenvalue weighted by molar-refractivity contribution is 6.35. The van der Waals surface area contributed by atoms with Crippen LogP contribution in [-0.4, -0.2) is 30.8 Å². The van der Waals surface area contributed by atoms with Crippen molar-refractivity contribution in [2.75, 3.05) is 23.8 Å². The van der Waals surface area contributed by atoms with Gasteiger partial charge in [0.25, 0.3) is 11.8 Å². The normalized spacial score (nSPS) is 12.6. The number of carbonyl (C=O) groups excluding carboxylic acids is 3. The zero-order valence-electron chi connectivity index (χ0n) is 17.8. The predicted molar refractivity (Wildman–Crippen MR) is 121 cm³/mol. The molecular weight excluding hydrogens is 408 g/mol. The Morgan fingerprint density at radius 1 is 0.781 bits per heavy atom. The zero-order chi connectivity index (χ0) is 22.8. The van der Waals surface area contributed by atoms with Crippen LogP contribution in [0.1, 0.15) is 50.5 Å².